The minimum atomic E-state index is -1.52. The third-order valence-corrected chi connectivity index (χ3v) is 4.00. The molecule has 0 saturated heterocycles. The fourth-order valence-electron chi connectivity index (χ4n) is 2.85. The summed E-state index contributed by atoms with van der Waals surface area (Å²) in [6, 6.07) is 15.3. The molecule has 122 valence electrons. The van der Waals surface area contributed by atoms with Gasteiger partial charge in [0.1, 0.15) is 11.4 Å². The molecule has 0 aliphatic heterocycles. The number of carbonyl (C=O) groups excluding carboxylic acids is 1. The van der Waals surface area contributed by atoms with Gasteiger partial charge in [-0.2, -0.15) is 0 Å². The Bertz CT molecular complexity index is 636. The molecule has 4 heteroatoms. The van der Waals surface area contributed by atoms with Crippen molar-refractivity contribution in [2.45, 2.75) is 25.9 Å². The van der Waals surface area contributed by atoms with Crippen molar-refractivity contribution in [2.24, 2.45) is 5.92 Å². The first-order valence-corrected chi connectivity index (χ1v) is 7.78. The minimum absolute atomic E-state index is 0.105. The summed E-state index contributed by atoms with van der Waals surface area (Å²) in [6.07, 6.45) is 0.422. The van der Waals surface area contributed by atoms with E-state index in [2.05, 4.69) is 0 Å². The second-order valence-electron chi connectivity index (χ2n) is 5.39. The zero-order valence-electron chi connectivity index (χ0n) is 13.4. The van der Waals surface area contributed by atoms with Crippen LogP contribution < -0.4 is 0 Å². The first-order valence-electron chi connectivity index (χ1n) is 7.78. The van der Waals surface area contributed by atoms with E-state index in [4.69, 9.17) is 4.74 Å². The zero-order chi connectivity index (χ0) is 16.9. The van der Waals surface area contributed by atoms with Gasteiger partial charge in [-0.1, -0.05) is 49.4 Å². The number of carbonyl (C=O) groups is 1. The lowest BCUT2D eigenvalue weighted by molar-refractivity contribution is -0.156. The van der Waals surface area contributed by atoms with Crippen molar-refractivity contribution in [1.82, 2.24) is 0 Å². The van der Waals surface area contributed by atoms with Gasteiger partial charge < -0.3 is 14.9 Å². The lowest BCUT2D eigenvalue weighted by Gasteiger charge is -2.35. The van der Waals surface area contributed by atoms with Gasteiger partial charge in [0.05, 0.1) is 12.5 Å². The lowest BCUT2D eigenvalue weighted by Crippen LogP contribution is -2.41. The highest BCUT2D eigenvalue weighted by Gasteiger charge is 2.44. The van der Waals surface area contributed by atoms with Crippen LogP contribution in [0.5, 0.6) is 5.75 Å². The van der Waals surface area contributed by atoms with Gasteiger partial charge in [0.2, 0.25) is 0 Å². The Morgan fingerprint density at radius 2 is 1.61 bits per heavy atom. The number of phenolic OH excluding ortho intramolecular Hbond substituents is 1. The number of hydrogen-bond acceptors (Lipinski definition) is 4. The SMILES string of the molecule is CCOC(=O)C(CC)C(O)(c1ccccc1)c1ccc(O)cc1. The van der Waals surface area contributed by atoms with Crippen LogP contribution in [-0.4, -0.2) is 22.8 Å². The summed E-state index contributed by atoms with van der Waals surface area (Å²) >= 11 is 0. The molecule has 0 radical (unpaired) electrons. The van der Waals surface area contributed by atoms with E-state index in [0.717, 1.165) is 0 Å². The van der Waals surface area contributed by atoms with Gasteiger partial charge in [0.15, 0.2) is 0 Å². The van der Waals surface area contributed by atoms with Crippen LogP contribution in [0.4, 0.5) is 0 Å². The second-order valence-corrected chi connectivity index (χ2v) is 5.39. The fraction of sp³-hybridized carbons (Fsp3) is 0.316. The molecule has 2 aromatic rings. The molecular formula is C19H22O4. The smallest absolute Gasteiger partial charge is 0.312 e. The van der Waals surface area contributed by atoms with Crippen LogP contribution in [-0.2, 0) is 15.1 Å². The van der Waals surface area contributed by atoms with Crippen molar-refractivity contribution in [1.29, 1.82) is 0 Å². The lowest BCUT2D eigenvalue weighted by atomic mass is 9.75. The molecule has 2 unspecified atom stereocenters. The van der Waals surface area contributed by atoms with Gasteiger partial charge in [0.25, 0.3) is 0 Å². The molecule has 4 nitrogen and oxygen atoms in total. The van der Waals surface area contributed by atoms with E-state index in [1.165, 1.54) is 12.1 Å². The number of esters is 1. The molecule has 0 spiro atoms. The molecule has 0 bridgehead atoms. The Labute approximate surface area is 136 Å². The standard InChI is InChI=1S/C19H22O4/c1-3-17(18(21)23-4-2)19(22,14-8-6-5-7-9-14)15-10-12-16(20)13-11-15/h5-13,17,20,22H,3-4H2,1-2H3. The Hall–Kier alpha value is -2.33. The van der Waals surface area contributed by atoms with E-state index < -0.39 is 17.5 Å². The Morgan fingerprint density at radius 3 is 2.13 bits per heavy atom. The summed E-state index contributed by atoms with van der Waals surface area (Å²) in [5, 5.41) is 21.0. The first-order chi connectivity index (χ1) is 11.0. The van der Waals surface area contributed by atoms with Crippen molar-refractivity contribution in [3.63, 3.8) is 0 Å². The monoisotopic (exact) mass is 314 g/mol. The average Bonchev–Trinajstić information content (AvgIpc) is 2.57. The van der Waals surface area contributed by atoms with Gasteiger partial charge in [-0.25, -0.2) is 0 Å². The van der Waals surface area contributed by atoms with Gasteiger partial charge >= 0.3 is 5.97 Å². The summed E-state index contributed by atoms with van der Waals surface area (Å²) in [4.78, 5) is 12.4. The van der Waals surface area contributed by atoms with Crippen LogP contribution >= 0.6 is 0 Å². The predicted molar refractivity (Wildman–Crippen MR) is 88.0 cm³/mol. The summed E-state index contributed by atoms with van der Waals surface area (Å²) in [6.45, 7) is 3.85. The third-order valence-electron chi connectivity index (χ3n) is 4.00. The molecule has 2 atom stereocenters. The quantitative estimate of drug-likeness (QED) is 0.803. The number of benzene rings is 2. The molecule has 23 heavy (non-hydrogen) atoms. The summed E-state index contributed by atoms with van der Waals surface area (Å²) < 4.78 is 5.16. The number of rotatable bonds is 6. The topological polar surface area (TPSA) is 66.8 Å². The number of hydrogen-bond donors (Lipinski definition) is 2. The van der Waals surface area contributed by atoms with Crippen molar-refractivity contribution in [3.8, 4) is 5.75 Å². The number of aliphatic hydroxyl groups is 1. The van der Waals surface area contributed by atoms with Gasteiger partial charge in [-0.05, 0) is 36.6 Å². The van der Waals surface area contributed by atoms with Crippen LogP contribution in [0, 0.1) is 5.92 Å². The van der Waals surface area contributed by atoms with E-state index in [1.54, 1.807) is 31.2 Å². The molecule has 2 rings (SSSR count). The van der Waals surface area contributed by atoms with Gasteiger partial charge in [-0.15, -0.1) is 0 Å². The highest BCUT2D eigenvalue weighted by molar-refractivity contribution is 5.75. The van der Waals surface area contributed by atoms with Crippen molar-refractivity contribution in [3.05, 3.63) is 65.7 Å². The molecule has 2 aromatic carbocycles. The maximum absolute atomic E-state index is 12.4. The first kappa shape index (κ1) is 17.0. The third kappa shape index (κ3) is 3.37. The van der Waals surface area contributed by atoms with Crippen LogP contribution in [0.3, 0.4) is 0 Å². The Morgan fingerprint density at radius 1 is 1.04 bits per heavy atom. The Kier molecular flexibility index (Phi) is 5.40. The van der Waals surface area contributed by atoms with E-state index in [0.29, 0.717) is 17.5 Å². The largest absolute Gasteiger partial charge is 0.508 e. The van der Waals surface area contributed by atoms with E-state index >= 15 is 0 Å². The number of aromatic hydroxyl groups is 1. The minimum Gasteiger partial charge on any atom is -0.508 e. The van der Waals surface area contributed by atoms with Crippen LogP contribution in [0.15, 0.2) is 54.6 Å². The van der Waals surface area contributed by atoms with Crippen LogP contribution in [0.25, 0.3) is 0 Å². The maximum atomic E-state index is 12.4. The number of phenols is 1. The van der Waals surface area contributed by atoms with Crippen molar-refractivity contribution >= 4 is 5.97 Å². The molecule has 2 N–H and O–H groups in total. The summed E-state index contributed by atoms with van der Waals surface area (Å²) in [5.74, 6) is -1.07. The van der Waals surface area contributed by atoms with Gasteiger partial charge in [-0.3, -0.25) is 4.79 Å². The van der Waals surface area contributed by atoms with E-state index in [1.807, 2.05) is 25.1 Å². The molecular weight excluding hydrogens is 292 g/mol. The van der Waals surface area contributed by atoms with Gasteiger partial charge in [0, 0.05) is 0 Å². The second kappa shape index (κ2) is 7.29. The Balaban J connectivity index is 2.59. The average molecular weight is 314 g/mol. The molecule has 0 aliphatic carbocycles. The highest BCUT2D eigenvalue weighted by Crippen LogP contribution is 2.39. The summed E-state index contributed by atoms with van der Waals surface area (Å²) in [5.41, 5.74) is -0.359. The molecule has 0 heterocycles. The number of ether oxygens (including phenoxy) is 1. The molecule has 0 aliphatic rings. The van der Waals surface area contributed by atoms with E-state index in [-0.39, 0.29) is 12.4 Å². The van der Waals surface area contributed by atoms with Crippen LogP contribution in [0.1, 0.15) is 31.4 Å². The normalized spacial score (nSPS) is 14.7. The molecule has 0 fully saturated rings. The summed E-state index contributed by atoms with van der Waals surface area (Å²) in [7, 11) is 0. The van der Waals surface area contributed by atoms with Crippen LogP contribution in [0.2, 0.25) is 0 Å². The maximum Gasteiger partial charge on any atom is 0.312 e. The molecule has 0 amide bonds. The highest BCUT2D eigenvalue weighted by atomic mass is 16.5. The zero-order valence-corrected chi connectivity index (χ0v) is 13.4. The van der Waals surface area contributed by atoms with Crippen molar-refractivity contribution < 1.29 is 19.7 Å². The fourth-order valence-corrected chi connectivity index (χ4v) is 2.85. The molecule has 0 aromatic heterocycles. The van der Waals surface area contributed by atoms with Crippen molar-refractivity contribution in [2.75, 3.05) is 6.61 Å². The van der Waals surface area contributed by atoms with E-state index in [9.17, 15) is 15.0 Å². The molecule has 0 saturated carbocycles. The predicted octanol–water partition coefficient (Wildman–Crippen LogP) is 3.22.